The zero-order valence-electron chi connectivity index (χ0n) is 16.0. The number of rotatable bonds is 6. The van der Waals surface area contributed by atoms with E-state index in [2.05, 4.69) is 10.3 Å². The summed E-state index contributed by atoms with van der Waals surface area (Å²) in [4.78, 5) is 30.1. The second kappa shape index (κ2) is 8.80. The van der Waals surface area contributed by atoms with Crippen molar-refractivity contribution >= 4 is 40.2 Å². The molecule has 0 bridgehead atoms. The highest BCUT2D eigenvalue weighted by Gasteiger charge is 2.20. The van der Waals surface area contributed by atoms with Gasteiger partial charge >= 0.3 is 0 Å². The molecule has 0 fully saturated rings. The van der Waals surface area contributed by atoms with E-state index >= 15 is 0 Å². The van der Waals surface area contributed by atoms with Crippen LogP contribution in [0.3, 0.4) is 0 Å². The number of hydrogen-bond donors (Lipinski definition) is 1. The van der Waals surface area contributed by atoms with Crippen molar-refractivity contribution in [2.45, 2.75) is 43.8 Å². The highest BCUT2D eigenvalue weighted by molar-refractivity contribution is 8.00. The number of nitrogens with one attached hydrogen (secondary N) is 1. The molecule has 1 atom stereocenters. The van der Waals surface area contributed by atoms with Gasteiger partial charge < -0.3 is 5.32 Å². The third-order valence-electron chi connectivity index (χ3n) is 4.35. The minimum absolute atomic E-state index is 0.0644. The van der Waals surface area contributed by atoms with E-state index in [1.165, 1.54) is 11.8 Å². The number of nitrogens with zero attached hydrogens (tertiary/aromatic N) is 2. The lowest BCUT2D eigenvalue weighted by molar-refractivity contribution is -0.120. The van der Waals surface area contributed by atoms with Gasteiger partial charge in [-0.15, -0.1) is 0 Å². The zero-order chi connectivity index (χ0) is 20.3. The molecule has 1 heterocycles. The van der Waals surface area contributed by atoms with Crippen LogP contribution in [0, 0.1) is 0 Å². The fraction of sp³-hybridized carbons (Fsp3) is 0.286. The quantitative estimate of drug-likeness (QED) is 0.478. The molecule has 0 aliphatic carbocycles. The van der Waals surface area contributed by atoms with Crippen molar-refractivity contribution in [3.63, 3.8) is 0 Å². The summed E-state index contributed by atoms with van der Waals surface area (Å²) in [7, 11) is 0. The van der Waals surface area contributed by atoms with Crippen molar-refractivity contribution < 1.29 is 4.79 Å². The number of amides is 1. The number of para-hydroxylation sites is 1. The third kappa shape index (κ3) is 4.39. The van der Waals surface area contributed by atoms with E-state index in [-0.39, 0.29) is 17.5 Å². The van der Waals surface area contributed by atoms with Crippen molar-refractivity contribution in [3.8, 4) is 0 Å². The fourth-order valence-corrected chi connectivity index (χ4v) is 4.11. The summed E-state index contributed by atoms with van der Waals surface area (Å²) in [5.74, 6) is -0.136. The van der Waals surface area contributed by atoms with Crippen molar-refractivity contribution in [1.82, 2.24) is 14.9 Å². The minimum Gasteiger partial charge on any atom is -0.351 e. The molecule has 3 rings (SSSR count). The standard InChI is InChI=1S/C21H22ClN3O2S/c1-13(2)25-20(27)16-9-5-7-11-18(16)24-21(25)28-14(3)19(26)23-12-15-8-4-6-10-17(15)22/h4-11,13-14H,12H2,1-3H3,(H,23,26). The Hall–Kier alpha value is -2.31. The first-order valence-corrected chi connectivity index (χ1v) is 10.3. The van der Waals surface area contributed by atoms with Gasteiger partial charge in [-0.1, -0.05) is 53.7 Å². The normalized spacial score (nSPS) is 12.3. The summed E-state index contributed by atoms with van der Waals surface area (Å²) in [5.41, 5.74) is 1.40. The molecule has 0 aliphatic rings. The van der Waals surface area contributed by atoms with E-state index < -0.39 is 5.25 Å². The van der Waals surface area contributed by atoms with Gasteiger partial charge in [0.25, 0.3) is 5.56 Å². The summed E-state index contributed by atoms with van der Waals surface area (Å²) in [5, 5.41) is 4.22. The smallest absolute Gasteiger partial charge is 0.262 e. The molecular weight excluding hydrogens is 394 g/mol. The van der Waals surface area contributed by atoms with Crippen LogP contribution >= 0.6 is 23.4 Å². The Morgan fingerprint density at radius 2 is 1.82 bits per heavy atom. The minimum atomic E-state index is -0.416. The number of thioether (sulfide) groups is 1. The van der Waals surface area contributed by atoms with Crippen molar-refractivity contribution in [1.29, 1.82) is 0 Å². The summed E-state index contributed by atoms with van der Waals surface area (Å²) in [6, 6.07) is 14.6. The molecule has 3 aromatic rings. The third-order valence-corrected chi connectivity index (χ3v) is 5.79. The van der Waals surface area contributed by atoms with Crippen molar-refractivity contribution in [2.75, 3.05) is 0 Å². The molecule has 146 valence electrons. The molecule has 2 aromatic carbocycles. The van der Waals surface area contributed by atoms with Crippen LogP contribution in [0.2, 0.25) is 5.02 Å². The predicted octanol–water partition coefficient (Wildman–Crippen LogP) is 4.43. The van der Waals surface area contributed by atoms with Crippen LogP contribution in [0.25, 0.3) is 10.9 Å². The first kappa shape index (κ1) is 20.4. The second-order valence-corrected chi connectivity index (χ2v) is 8.46. The molecule has 7 heteroatoms. The largest absolute Gasteiger partial charge is 0.351 e. The second-order valence-electron chi connectivity index (χ2n) is 6.75. The molecule has 0 saturated carbocycles. The van der Waals surface area contributed by atoms with Gasteiger partial charge in [0.05, 0.1) is 16.2 Å². The van der Waals surface area contributed by atoms with Gasteiger partial charge in [0, 0.05) is 17.6 Å². The van der Waals surface area contributed by atoms with Crippen LogP contribution in [0.15, 0.2) is 58.5 Å². The fourth-order valence-electron chi connectivity index (χ4n) is 2.84. The Labute approximate surface area is 173 Å². The molecule has 0 aliphatic heterocycles. The van der Waals surface area contributed by atoms with E-state index in [0.717, 1.165) is 5.56 Å². The monoisotopic (exact) mass is 415 g/mol. The maximum Gasteiger partial charge on any atom is 0.262 e. The SMILES string of the molecule is CC(Sc1nc2ccccc2c(=O)n1C(C)C)C(=O)NCc1ccccc1Cl. The number of fused-ring (bicyclic) bond motifs is 1. The highest BCUT2D eigenvalue weighted by atomic mass is 35.5. The molecular formula is C21H22ClN3O2S. The molecule has 28 heavy (non-hydrogen) atoms. The lowest BCUT2D eigenvalue weighted by atomic mass is 10.2. The van der Waals surface area contributed by atoms with Gasteiger partial charge in [-0.2, -0.15) is 0 Å². The van der Waals surface area contributed by atoms with E-state index in [1.807, 2.05) is 50.2 Å². The first-order valence-electron chi connectivity index (χ1n) is 9.07. The van der Waals surface area contributed by atoms with Gasteiger partial charge in [0.2, 0.25) is 5.91 Å². The molecule has 1 unspecified atom stereocenters. The number of hydrogen-bond acceptors (Lipinski definition) is 4. The molecule has 0 spiro atoms. The molecule has 1 amide bonds. The number of carbonyl (C=O) groups excluding carboxylic acids is 1. The topological polar surface area (TPSA) is 64.0 Å². The van der Waals surface area contributed by atoms with E-state index in [1.54, 1.807) is 23.6 Å². The number of benzene rings is 2. The summed E-state index contributed by atoms with van der Waals surface area (Å²) in [6.45, 7) is 6.03. The van der Waals surface area contributed by atoms with E-state index in [9.17, 15) is 9.59 Å². The van der Waals surface area contributed by atoms with Crippen LogP contribution in [-0.4, -0.2) is 20.7 Å². The average Bonchev–Trinajstić information content (AvgIpc) is 2.67. The number of halogens is 1. The van der Waals surface area contributed by atoms with Crippen LogP contribution < -0.4 is 10.9 Å². The summed E-state index contributed by atoms with van der Waals surface area (Å²) < 4.78 is 1.64. The van der Waals surface area contributed by atoms with E-state index in [0.29, 0.717) is 27.6 Å². The maximum atomic E-state index is 12.9. The van der Waals surface area contributed by atoms with Crippen LogP contribution in [0.4, 0.5) is 0 Å². The predicted molar refractivity (Wildman–Crippen MR) is 115 cm³/mol. The Bertz CT molecular complexity index is 1060. The molecule has 0 saturated heterocycles. The Kier molecular flexibility index (Phi) is 6.42. The lowest BCUT2D eigenvalue weighted by Gasteiger charge is -2.18. The maximum absolute atomic E-state index is 12.9. The van der Waals surface area contributed by atoms with Crippen molar-refractivity contribution in [2.24, 2.45) is 0 Å². The lowest BCUT2D eigenvalue weighted by Crippen LogP contribution is -2.32. The first-order chi connectivity index (χ1) is 13.4. The molecule has 5 nitrogen and oxygen atoms in total. The Morgan fingerprint density at radius 3 is 2.54 bits per heavy atom. The summed E-state index contributed by atoms with van der Waals surface area (Å²) >= 11 is 7.42. The number of aromatic nitrogens is 2. The number of carbonyl (C=O) groups is 1. The zero-order valence-corrected chi connectivity index (χ0v) is 17.6. The molecule has 1 aromatic heterocycles. The van der Waals surface area contributed by atoms with Crippen LogP contribution in [-0.2, 0) is 11.3 Å². The van der Waals surface area contributed by atoms with E-state index in [4.69, 9.17) is 11.6 Å². The molecule has 0 radical (unpaired) electrons. The van der Waals surface area contributed by atoms with Gasteiger partial charge in [-0.25, -0.2) is 4.98 Å². The Morgan fingerprint density at radius 1 is 1.14 bits per heavy atom. The van der Waals surface area contributed by atoms with Crippen LogP contribution in [0.1, 0.15) is 32.4 Å². The van der Waals surface area contributed by atoms with Gasteiger partial charge in [0.1, 0.15) is 0 Å². The Balaban J connectivity index is 1.81. The summed E-state index contributed by atoms with van der Waals surface area (Å²) in [6.07, 6.45) is 0. The average molecular weight is 416 g/mol. The van der Waals surface area contributed by atoms with Crippen LogP contribution in [0.5, 0.6) is 0 Å². The van der Waals surface area contributed by atoms with Gasteiger partial charge in [0.15, 0.2) is 5.16 Å². The van der Waals surface area contributed by atoms with Crippen molar-refractivity contribution in [3.05, 3.63) is 69.5 Å². The molecule has 1 N–H and O–H groups in total. The van der Waals surface area contributed by atoms with Gasteiger partial charge in [-0.3, -0.25) is 14.2 Å². The van der Waals surface area contributed by atoms with Gasteiger partial charge in [-0.05, 0) is 44.5 Å². The highest BCUT2D eigenvalue weighted by Crippen LogP contribution is 2.25.